The Morgan fingerprint density at radius 2 is 2.22 bits per heavy atom. The van der Waals surface area contributed by atoms with E-state index >= 15 is 0 Å². The highest BCUT2D eigenvalue weighted by molar-refractivity contribution is 7.20. The molecule has 3 aromatic heterocycles. The van der Waals surface area contributed by atoms with Gasteiger partial charge in [-0.2, -0.15) is 0 Å². The number of nitrogens with one attached hydrogen (secondary N) is 1. The summed E-state index contributed by atoms with van der Waals surface area (Å²) >= 11 is 1.24. The number of hydrogen-bond donors (Lipinski definition) is 1. The van der Waals surface area contributed by atoms with Crippen LogP contribution in [0.5, 0.6) is 0 Å². The SMILES string of the molecule is Cc1c(C(=O)NC(C)c2cccnc2)sc2ncn(C)c(=O)c12. The van der Waals surface area contributed by atoms with E-state index in [1.165, 1.54) is 22.2 Å². The summed E-state index contributed by atoms with van der Waals surface area (Å²) in [5.74, 6) is -0.205. The minimum Gasteiger partial charge on any atom is -0.345 e. The third-order valence-electron chi connectivity index (χ3n) is 3.75. The van der Waals surface area contributed by atoms with Gasteiger partial charge in [0, 0.05) is 19.4 Å². The quantitative estimate of drug-likeness (QED) is 0.799. The molecular formula is C16H16N4O2S. The molecule has 0 bridgehead atoms. The molecule has 0 aliphatic rings. The molecule has 0 saturated heterocycles. The Morgan fingerprint density at radius 1 is 1.43 bits per heavy atom. The van der Waals surface area contributed by atoms with E-state index in [0.717, 1.165) is 5.56 Å². The lowest BCUT2D eigenvalue weighted by Gasteiger charge is -2.13. The number of carbonyl (C=O) groups excluding carboxylic acids is 1. The second-order valence-electron chi connectivity index (χ2n) is 5.38. The molecule has 0 aromatic carbocycles. The number of fused-ring (bicyclic) bond motifs is 1. The maximum absolute atomic E-state index is 12.6. The Kier molecular flexibility index (Phi) is 3.96. The van der Waals surface area contributed by atoms with E-state index in [9.17, 15) is 9.59 Å². The van der Waals surface area contributed by atoms with Crippen LogP contribution in [0.15, 0.2) is 35.6 Å². The zero-order valence-corrected chi connectivity index (χ0v) is 13.8. The zero-order valence-electron chi connectivity index (χ0n) is 13.0. The predicted octanol–water partition coefficient (Wildman–Crippen LogP) is 2.19. The smallest absolute Gasteiger partial charge is 0.262 e. The second-order valence-corrected chi connectivity index (χ2v) is 6.38. The topological polar surface area (TPSA) is 76.9 Å². The molecule has 1 N–H and O–H groups in total. The number of rotatable bonds is 3. The lowest BCUT2D eigenvalue weighted by Crippen LogP contribution is -2.26. The van der Waals surface area contributed by atoms with Crippen molar-refractivity contribution in [2.24, 2.45) is 7.05 Å². The molecule has 0 aliphatic carbocycles. The number of nitrogens with zero attached hydrogens (tertiary/aromatic N) is 3. The van der Waals surface area contributed by atoms with Crippen LogP contribution in [0.25, 0.3) is 10.2 Å². The molecule has 0 spiro atoms. The van der Waals surface area contributed by atoms with Gasteiger partial charge in [-0.15, -0.1) is 11.3 Å². The van der Waals surface area contributed by atoms with Crippen molar-refractivity contribution in [3.63, 3.8) is 0 Å². The predicted molar refractivity (Wildman–Crippen MR) is 89.7 cm³/mol. The van der Waals surface area contributed by atoms with Crippen LogP contribution in [-0.4, -0.2) is 20.4 Å². The fraction of sp³-hybridized carbons (Fsp3) is 0.250. The highest BCUT2D eigenvalue weighted by Crippen LogP contribution is 2.27. The Hall–Kier alpha value is -2.54. The number of thiophene rings is 1. The summed E-state index contributed by atoms with van der Waals surface area (Å²) in [6.07, 6.45) is 4.89. The molecule has 6 nitrogen and oxygen atoms in total. The van der Waals surface area contributed by atoms with Gasteiger partial charge in [-0.1, -0.05) is 6.07 Å². The number of pyridine rings is 1. The summed E-state index contributed by atoms with van der Waals surface area (Å²) in [4.78, 5) is 34.2. The highest BCUT2D eigenvalue weighted by Gasteiger charge is 2.20. The molecule has 0 radical (unpaired) electrons. The van der Waals surface area contributed by atoms with Gasteiger partial charge in [0.05, 0.1) is 22.6 Å². The van der Waals surface area contributed by atoms with Crippen molar-refractivity contribution in [1.29, 1.82) is 0 Å². The minimum atomic E-state index is -0.205. The lowest BCUT2D eigenvalue weighted by molar-refractivity contribution is 0.0943. The van der Waals surface area contributed by atoms with Gasteiger partial charge < -0.3 is 9.88 Å². The molecule has 1 unspecified atom stereocenters. The molecule has 0 fully saturated rings. The Balaban J connectivity index is 1.94. The molecule has 1 atom stereocenters. The normalized spacial score (nSPS) is 12.3. The van der Waals surface area contributed by atoms with Crippen molar-refractivity contribution >= 4 is 27.5 Å². The van der Waals surface area contributed by atoms with Crippen molar-refractivity contribution in [3.8, 4) is 0 Å². The summed E-state index contributed by atoms with van der Waals surface area (Å²) in [7, 11) is 1.65. The minimum absolute atomic E-state index is 0.136. The third-order valence-corrected chi connectivity index (χ3v) is 4.95. The molecule has 3 rings (SSSR count). The van der Waals surface area contributed by atoms with Crippen LogP contribution < -0.4 is 10.9 Å². The largest absolute Gasteiger partial charge is 0.345 e. The summed E-state index contributed by atoms with van der Waals surface area (Å²) in [5.41, 5.74) is 1.46. The van der Waals surface area contributed by atoms with Crippen LogP contribution in [-0.2, 0) is 7.05 Å². The molecule has 3 heterocycles. The first-order valence-electron chi connectivity index (χ1n) is 7.14. The van der Waals surface area contributed by atoms with Gasteiger partial charge in [-0.3, -0.25) is 14.6 Å². The van der Waals surface area contributed by atoms with Crippen LogP contribution in [0.2, 0.25) is 0 Å². The summed E-state index contributed by atoms with van der Waals surface area (Å²) in [6.45, 7) is 3.68. The van der Waals surface area contributed by atoms with E-state index < -0.39 is 0 Å². The number of aromatic nitrogens is 3. The first-order valence-corrected chi connectivity index (χ1v) is 7.96. The van der Waals surface area contributed by atoms with Gasteiger partial charge in [0.15, 0.2) is 0 Å². The van der Waals surface area contributed by atoms with Gasteiger partial charge in [0.2, 0.25) is 0 Å². The van der Waals surface area contributed by atoms with Gasteiger partial charge in [-0.05, 0) is 31.0 Å². The van der Waals surface area contributed by atoms with Gasteiger partial charge in [0.1, 0.15) is 4.83 Å². The fourth-order valence-corrected chi connectivity index (χ4v) is 3.45. The molecule has 0 aliphatic heterocycles. The van der Waals surface area contributed by atoms with E-state index in [1.54, 1.807) is 26.4 Å². The monoisotopic (exact) mass is 328 g/mol. The summed E-state index contributed by atoms with van der Waals surface area (Å²) < 4.78 is 1.42. The molecule has 3 aromatic rings. The molecule has 118 valence electrons. The van der Waals surface area contributed by atoms with E-state index in [1.807, 2.05) is 19.1 Å². The summed E-state index contributed by atoms with van der Waals surface area (Å²) in [5, 5.41) is 3.46. The Bertz CT molecular complexity index is 930. The maximum Gasteiger partial charge on any atom is 0.262 e. The first kappa shape index (κ1) is 15.4. The highest BCUT2D eigenvalue weighted by atomic mass is 32.1. The van der Waals surface area contributed by atoms with Crippen molar-refractivity contribution in [3.05, 3.63) is 57.2 Å². The maximum atomic E-state index is 12.6. The zero-order chi connectivity index (χ0) is 16.6. The van der Waals surface area contributed by atoms with E-state index in [0.29, 0.717) is 20.7 Å². The van der Waals surface area contributed by atoms with Gasteiger partial charge >= 0.3 is 0 Å². The van der Waals surface area contributed by atoms with Crippen molar-refractivity contribution in [2.45, 2.75) is 19.9 Å². The van der Waals surface area contributed by atoms with Crippen LogP contribution in [0, 0.1) is 6.92 Å². The van der Waals surface area contributed by atoms with Crippen LogP contribution >= 0.6 is 11.3 Å². The second kappa shape index (κ2) is 5.92. The molecule has 0 saturated carbocycles. The first-order chi connectivity index (χ1) is 11.0. The third kappa shape index (κ3) is 2.75. The standard InChI is InChI=1S/C16H16N4O2S/c1-9-12-15(18-8-20(3)16(12)22)23-13(9)14(21)19-10(2)11-5-4-6-17-7-11/h4-8,10H,1-3H3,(H,19,21). The molecule has 23 heavy (non-hydrogen) atoms. The average molecular weight is 328 g/mol. The number of aryl methyl sites for hydroxylation is 2. The summed E-state index contributed by atoms with van der Waals surface area (Å²) in [6, 6.07) is 3.57. The average Bonchev–Trinajstić information content (AvgIpc) is 2.89. The Labute approximate surface area is 136 Å². The molecule has 7 heteroatoms. The van der Waals surface area contributed by atoms with E-state index in [-0.39, 0.29) is 17.5 Å². The number of carbonyl (C=O) groups is 1. The Morgan fingerprint density at radius 3 is 2.91 bits per heavy atom. The van der Waals surface area contributed by atoms with Crippen molar-refractivity contribution in [2.75, 3.05) is 0 Å². The van der Waals surface area contributed by atoms with Crippen LogP contribution in [0.1, 0.15) is 33.8 Å². The van der Waals surface area contributed by atoms with E-state index in [4.69, 9.17) is 0 Å². The lowest BCUT2D eigenvalue weighted by atomic mass is 10.1. The van der Waals surface area contributed by atoms with Crippen LogP contribution in [0.3, 0.4) is 0 Å². The van der Waals surface area contributed by atoms with Gasteiger partial charge in [-0.25, -0.2) is 4.98 Å². The van der Waals surface area contributed by atoms with Crippen molar-refractivity contribution < 1.29 is 4.79 Å². The molecule has 1 amide bonds. The fourth-order valence-electron chi connectivity index (χ4n) is 2.40. The molecular weight excluding hydrogens is 312 g/mol. The van der Waals surface area contributed by atoms with Gasteiger partial charge in [0.25, 0.3) is 11.5 Å². The van der Waals surface area contributed by atoms with E-state index in [2.05, 4.69) is 15.3 Å². The van der Waals surface area contributed by atoms with Crippen molar-refractivity contribution in [1.82, 2.24) is 19.9 Å². The number of hydrogen-bond acceptors (Lipinski definition) is 5. The van der Waals surface area contributed by atoms with Crippen LogP contribution in [0.4, 0.5) is 0 Å². The number of amides is 1.